The fraction of sp³-hybridized carbons (Fsp3) is 0.667. The van der Waals surface area contributed by atoms with Gasteiger partial charge < -0.3 is 15.3 Å². The summed E-state index contributed by atoms with van der Waals surface area (Å²) in [5, 5.41) is 11.0. The van der Waals surface area contributed by atoms with Crippen LogP contribution in [0.15, 0.2) is 0 Å². The molecular weight excluding hydrogens is 200 g/mol. The summed E-state index contributed by atoms with van der Waals surface area (Å²) in [7, 11) is 1.57. The van der Waals surface area contributed by atoms with E-state index in [4.69, 9.17) is 5.11 Å². The van der Waals surface area contributed by atoms with Gasteiger partial charge in [0, 0.05) is 26.1 Å². The lowest BCUT2D eigenvalue weighted by Crippen LogP contribution is -2.44. The lowest BCUT2D eigenvalue weighted by atomic mass is 9.96. The molecule has 0 saturated carbocycles. The van der Waals surface area contributed by atoms with Crippen LogP contribution >= 0.6 is 0 Å². The van der Waals surface area contributed by atoms with E-state index < -0.39 is 11.9 Å². The molecule has 15 heavy (non-hydrogen) atoms. The van der Waals surface area contributed by atoms with Crippen molar-refractivity contribution in [1.82, 2.24) is 10.2 Å². The Hall–Kier alpha value is -1.59. The van der Waals surface area contributed by atoms with Crippen molar-refractivity contribution < 1.29 is 19.5 Å². The molecule has 1 rings (SSSR count). The Bertz CT molecular complexity index is 282. The monoisotopic (exact) mass is 214 g/mol. The van der Waals surface area contributed by atoms with Crippen molar-refractivity contribution in [2.24, 2.45) is 5.92 Å². The van der Waals surface area contributed by atoms with Crippen LogP contribution in [0.2, 0.25) is 0 Å². The molecule has 0 aromatic carbocycles. The number of hydrogen-bond acceptors (Lipinski definition) is 3. The van der Waals surface area contributed by atoms with Crippen LogP contribution in [0.4, 0.5) is 0 Å². The van der Waals surface area contributed by atoms with Gasteiger partial charge in [0.05, 0.1) is 0 Å². The Morgan fingerprint density at radius 2 is 1.80 bits per heavy atom. The summed E-state index contributed by atoms with van der Waals surface area (Å²) in [5.41, 5.74) is 0. The first-order valence-corrected chi connectivity index (χ1v) is 4.80. The summed E-state index contributed by atoms with van der Waals surface area (Å²) in [6.45, 7) is 0.673. The van der Waals surface area contributed by atoms with E-state index in [1.807, 2.05) is 0 Å². The van der Waals surface area contributed by atoms with Gasteiger partial charge in [-0.1, -0.05) is 0 Å². The molecule has 1 aliphatic heterocycles. The van der Waals surface area contributed by atoms with Crippen LogP contribution in [0.25, 0.3) is 0 Å². The third kappa shape index (κ3) is 2.68. The number of aliphatic carboxylic acids is 1. The summed E-state index contributed by atoms with van der Waals surface area (Å²) in [6, 6.07) is 0. The highest BCUT2D eigenvalue weighted by Crippen LogP contribution is 2.17. The first-order valence-electron chi connectivity index (χ1n) is 4.80. The molecule has 1 fully saturated rings. The van der Waals surface area contributed by atoms with E-state index in [0.717, 1.165) is 0 Å². The topological polar surface area (TPSA) is 86.7 Å². The van der Waals surface area contributed by atoms with E-state index in [-0.39, 0.29) is 11.8 Å². The highest BCUT2D eigenvalue weighted by molar-refractivity contribution is 6.31. The number of piperidine rings is 1. The van der Waals surface area contributed by atoms with E-state index in [2.05, 4.69) is 5.32 Å². The molecule has 0 bridgehead atoms. The van der Waals surface area contributed by atoms with E-state index >= 15 is 0 Å². The number of rotatable bonds is 1. The van der Waals surface area contributed by atoms with E-state index in [9.17, 15) is 14.4 Å². The first-order chi connectivity index (χ1) is 7.06. The van der Waals surface area contributed by atoms with Crippen molar-refractivity contribution >= 4 is 17.8 Å². The Balaban J connectivity index is 2.46. The number of likely N-dealkylation sites (tertiary alicyclic amines) is 1. The van der Waals surface area contributed by atoms with Crippen LogP contribution < -0.4 is 5.32 Å². The zero-order valence-corrected chi connectivity index (χ0v) is 8.52. The zero-order chi connectivity index (χ0) is 11.4. The van der Waals surface area contributed by atoms with Crippen molar-refractivity contribution in [1.29, 1.82) is 0 Å². The number of carboxylic acid groups (broad SMARTS) is 1. The zero-order valence-electron chi connectivity index (χ0n) is 8.52. The second kappa shape index (κ2) is 4.77. The fourth-order valence-electron chi connectivity index (χ4n) is 1.68. The molecule has 2 N–H and O–H groups in total. The van der Waals surface area contributed by atoms with Crippen LogP contribution in [0.1, 0.15) is 12.8 Å². The van der Waals surface area contributed by atoms with Crippen molar-refractivity contribution in [3.8, 4) is 0 Å². The number of amides is 2. The van der Waals surface area contributed by atoms with E-state index in [1.165, 1.54) is 4.90 Å². The van der Waals surface area contributed by atoms with Crippen molar-refractivity contribution in [2.45, 2.75) is 12.8 Å². The third-order valence-corrected chi connectivity index (χ3v) is 2.58. The van der Waals surface area contributed by atoms with Gasteiger partial charge in [-0.05, 0) is 12.8 Å². The molecule has 0 aromatic heterocycles. The molecule has 1 heterocycles. The van der Waals surface area contributed by atoms with Crippen molar-refractivity contribution in [3.63, 3.8) is 0 Å². The van der Waals surface area contributed by atoms with Gasteiger partial charge in [-0.3, -0.25) is 9.59 Å². The van der Waals surface area contributed by atoms with Crippen LogP contribution in [0.5, 0.6) is 0 Å². The van der Waals surface area contributed by atoms with Crippen LogP contribution in [0.3, 0.4) is 0 Å². The van der Waals surface area contributed by atoms with Gasteiger partial charge in [0.1, 0.15) is 0 Å². The summed E-state index contributed by atoms with van der Waals surface area (Å²) in [6.07, 6.45) is 1.05. The Kier molecular flexibility index (Phi) is 3.65. The molecule has 0 aliphatic carbocycles. The first kappa shape index (κ1) is 11.5. The van der Waals surface area contributed by atoms with Gasteiger partial charge in [-0.2, -0.15) is 0 Å². The molecule has 84 valence electrons. The SMILES string of the molecule is CNC(=O)C1CCN(C(=O)C(=O)O)CC1. The standard InChI is InChI=1S/C9H14N2O4/c1-10-7(12)6-2-4-11(5-3-6)8(13)9(14)15/h6H,2-5H2,1H3,(H,10,12)(H,14,15). The average Bonchev–Trinajstić information content (AvgIpc) is 2.27. The molecule has 2 amide bonds. The van der Waals surface area contributed by atoms with Gasteiger partial charge in [0.2, 0.25) is 5.91 Å². The number of carbonyl (C=O) groups is 3. The second-order valence-electron chi connectivity index (χ2n) is 3.49. The number of nitrogens with one attached hydrogen (secondary N) is 1. The molecular formula is C9H14N2O4. The molecule has 1 aliphatic rings. The summed E-state index contributed by atoms with van der Waals surface area (Å²) in [4.78, 5) is 34.0. The molecule has 0 atom stereocenters. The van der Waals surface area contributed by atoms with Gasteiger partial charge in [0.15, 0.2) is 0 Å². The summed E-state index contributed by atoms with van der Waals surface area (Å²) in [5.74, 6) is -2.47. The molecule has 0 spiro atoms. The number of nitrogens with zero attached hydrogens (tertiary/aromatic N) is 1. The predicted octanol–water partition coefficient (Wildman–Crippen LogP) is -0.944. The molecule has 1 saturated heterocycles. The maximum absolute atomic E-state index is 11.2. The third-order valence-electron chi connectivity index (χ3n) is 2.58. The maximum atomic E-state index is 11.2. The van der Waals surface area contributed by atoms with Gasteiger partial charge in [0.25, 0.3) is 0 Å². The minimum absolute atomic E-state index is 0.0441. The summed E-state index contributed by atoms with van der Waals surface area (Å²) >= 11 is 0. The smallest absolute Gasteiger partial charge is 0.394 e. The fourth-order valence-corrected chi connectivity index (χ4v) is 1.68. The van der Waals surface area contributed by atoms with Crippen LogP contribution in [-0.4, -0.2) is 47.9 Å². The normalized spacial score (nSPS) is 17.3. The van der Waals surface area contributed by atoms with Crippen LogP contribution in [0, 0.1) is 5.92 Å². The minimum atomic E-state index is -1.44. The lowest BCUT2D eigenvalue weighted by molar-refractivity contribution is -0.156. The van der Waals surface area contributed by atoms with Gasteiger partial charge in [-0.25, -0.2) is 4.79 Å². The van der Waals surface area contributed by atoms with E-state index in [1.54, 1.807) is 7.05 Å². The Morgan fingerprint density at radius 3 is 2.20 bits per heavy atom. The predicted molar refractivity (Wildman–Crippen MR) is 51.0 cm³/mol. The summed E-state index contributed by atoms with van der Waals surface area (Å²) < 4.78 is 0. The maximum Gasteiger partial charge on any atom is 0.394 e. The molecule has 0 aromatic rings. The molecule has 6 nitrogen and oxygen atoms in total. The lowest BCUT2D eigenvalue weighted by Gasteiger charge is -2.29. The molecule has 6 heteroatoms. The highest BCUT2D eigenvalue weighted by Gasteiger charge is 2.29. The van der Waals surface area contributed by atoms with Crippen molar-refractivity contribution in [2.75, 3.05) is 20.1 Å². The largest absolute Gasteiger partial charge is 0.474 e. The number of hydrogen-bond donors (Lipinski definition) is 2. The van der Waals surface area contributed by atoms with Crippen molar-refractivity contribution in [3.05, 3.63) is 0 Å². The van der Waals surface area contributed by atoms with Gasteiger partial charge in [-0.15, -0.1) is 0 Å². The highest BCUT2D eigenvalue weighted by atomic mass is 16.4. The Morgan fingerprint density at radius 1 is 1.27 bits per heavy atom. The average molecular weight is 214 g/mol. The second-order valence-corrected chi connectivity index (χ2v) is 3.49. The molecule has 0 radical (unpaired) electrons. The van der Waals surface area contributed by atoms with E-state index in [0.29, 0.717) is 25.9 Å². The number of carbonyl (C=O) groups excluding carboxylic acids is 2. The number of carboxylic acids is 1. The van der Waals surface area contributed by atoms with Crippen LogP contribution in [-0.2, 0) is 14.4 Å². The minimum Gasteiger partial charge on any atom is -0.474 e. The Labute approximate surface area is 87.2 Å². The molecule has 0 unspecified atom stereocenters. The van der Waals surface area contributed by atoms with Gasteiger partial charge >= 0.3 is 11.9 Å². The quantitative estimate of drug-likeness (QED) is 0.551.